The van der Waals surface area contributed by atoms with Crippen LogP contribution >= 0.6 is 11.8 Å². The highest BCUT2D eigenvalue weighted by Gasteiger charge is 2.04. The number of furan rings is 1. The van der Waals surface area contributed by atoms with Gasteiger partial charge in [-0.3, -0.25) is 0 Å². The fourth-order valence-electron chi connectivity index (χ4n) is 1.81. The maximum absolute atomic E-state index is 5.80. The molecule has 1 rings (SSSR count). The van der Waals surface area contributed by atoms with Crippen LogP contribution in [0.1, 0.15) is 39.2 Å². The summed E-state index contributed by atoms with van der Waals surface area (Å²) in [7, 11) is 0. The lowest BCUT2D eigenvalue weighted by Gasteiger charge is -2.16. The van der Waals surface area contributed by atoms with Gasteiger partial charge in [0.2, 0.25) is 0 Å². The summed E-state index contributed by atoms with van der Waals surface area (Å²) in [4.78, 5) is 2.45. The first-order valence-corrected chi connectivity index (χ1v) is 8.42. The molecule has 4 heteroatoms. The van der Waals surface area contributed by atoms with Crippen LogP contribution in [0.4, 0.5) is 0 Å². The maximum atomic E-state index is 5.80. The van der Waals surface area contributed by atoms with Crippen LogP contribution in [0, 0.1) is 0 Å². The quantitative estimate of drug-likeness (QED) is 0.667. The van der Waals surface area contributed by atoms with Crippen molar-refractivity contribution >= 4 is 11.8 Å². The zero-order chi connectivity index (χ0) is 14.1. The summed E-state index contributed by atoms with van der Waals surface area (Å²) < 4.78 is 5.80. The molecule has 0 aliphatic carbocycles. The molecule has 0 amide bonds. The molecule has 19 heavy (non-hydrogen) atoms. The second-order valence-corrected chi connectivity index (χ2v) is 6.09. The third kappa shape index (κ3) is 7.04. The molecule has 1 heterocycles. The normalized spacial score (nSPS) is 11.7. The number of nitrogens with zero attached hydrogens (tertiary/aromatic N) is 1. The highest BCUT2D eigenvalue weighted by Crippen LogP contribution is 2.15. The Hall–Kier alpha value is -0.450. The van der Waals surface area contributed by atoms with Gasteiger partial charge in [-0.25, -0.2) is 0 Å². The van der Waals surface area contributed by atoms with E-state index in [2.05, 4.69) is 50.0 Å². The van der Waals surface area contributed by atoms with Crippen molar-refractivity contribution in [3.63, 3.8) is 0 Å². The zero-order valence-electron chi connectivity index (χ0n) is 12.7. The monoisotopic (exact) mass is 284 g/mol. The molecule has 0 unspecified atom stereocenters. The first-order valence-electron chi connectivity index (χ1n) is 7.26. The number of hydrogen-bond acceptors (Lipinski definition) is 4. The zero-order valence-corrected chi connectivity index (χ0v) is 13.6. The van der Waals surface area contributed by atoms with Crippen LogP contribution < -0.4 is 5.32 Å². The molecule has 0 aromatic carbocycles. The van der Waals surface area contributed by atoms with E-state index in [1.165, 1.54) is 12.3 Å². The molecule has 0 spiro atoms. The molecule has 0 radical (unpaired) electrons. The first kappa shape index (κ1) is 16.6. The summed E-state index contributed by atoms with van der Waals surface area (Å²) in [5.41, 5.74) is 0. The lowest BCUT2D eigenvalue weighted by Crippen LogP contribution is -2.25. The van der Waals surface area contributed by atoms with E-state index < -0.39 is 0 Å². The highest BCUT2D eigenvalue weighted by atomic mass is 32.2. The highest BCUT2D eigenvalue weighted by molar-refractivity contribution is 7.98. The number of rotatable bonds is 10. The minimum atomic E-state index is 0.497. The van der Waals surface area contributed by atoms with Gasteiger partial charge in [0.25, 0.3) is 0 Å². The predicted molar refractivity (Wildman–Crippen MR) is 84.6 cm³/mol. The molecule has 0 saturated heterocycles. The second kappa shape index (κ2) is 9.45. The average Bonchev–Trinajstić information content (AvgIpc) is 2.84. The van der Waals surface area contributed by atoms with Crippen molar-refractivity contribution in [2.45, 2.75) is 46.0 Å². The van der Waals surface area contributed by atoms with Gasteiger partial charge >= 0.3 is 0 Å². The number of thioether (sulfide) groups is 1. The van der Waals surface area contributed by atoms with E-state index in [0.29, 0.717) is 6.04 Å². The van der Waals surface area contributed by atoms with Gasteiger partial charge in [0, 0.05) is 18.3 Å². The van der Waals surface area contributed by atoms with Crippen molar-refractivity contribution in [2.75, 3.05) is 25.4 Å². The van der Waals surface area contributed by atoms with Gasteiger partial charge in [-0.15, -0.1) is 0 Å². The number of hydrogen-bond donors (Lipinski definition) is 1. The van der Waals surface area contributed by atoms with Crippen molar-refractivity contribution in [3.05, 3.63) is 23.7 Å². The Morgan fingerprint density at radius 3 is 2.53 bits per heavy atom. The van der Waals surface area contributed by atoms with Crippen LogP contribution in [0.3, 0.4) is 0 Å². The molecule has 0 saturated carbocycles. The largest absolute Gasteiger partial charge is 0.464 e. The molecular formula is C15H28N2OS. The summed E-state index contributed by atoms with van der Waals surface area (Å²) in [5, 5.41) is 3.37. The maximum Gasteiger partial charge on any atom is 0.118 e. The van der Waals surface area contributed by atoms with Gasteiger partial charge in [0.15, 0.2) is 0 Å². The van der Waals surface area contributed by atoms with Crippen LogP contribution in [-0.2, 0) is 12.3 Å². The van der Waals surface area contributed by atoms with Crippen LogP contribution in [0.25, 0.3) is 0 Å². The van der Waals surface area contributed by atoms with Crippen LogP contribution in [-0.4, -0.2) is 36.3 Å². The Labute approximate surface area is 122 Å². The van der Waals surface area contributed by atoms with E-state index in [0.717, 1.165) is 36.9 Å². The van der Waals surface area contributed by atoms with Crippen LogP contribution in [0.15, 0.2) is 16.5 Å². The van der Waals surface area contributed by atoms with Crippen molar-refractivity contribution in [2.24, 2.45) is 0 Å². The van der Waals surface area contributed by atoms with Gasteiger partial charge in [-0.2, -0.15) is 11.8 Å². The van der Waals surface area contributed by atoms with Crippen molar-refractivity contribution < 1.29 is 4.42 Å². The Kier molecular flexibility index (Phi) is 8.26. The van der Waals surface area contributed by atoms with Gasteiger partial charge in [-0.1, -0.05) is 27.7 Å². The molecule has 0 fully saturated rings. The summed E-state index contributed by atoms with van der Waals surface area (Å²) in [6.45, 7) is 13.0. The molecule has 0 aliphatic heterocycles. The van der Waals surface area contributed by atoms with Crippen LogP contribution in [0.2, 0.25) is 0 Å². The van der Waals surface area contributed by atoms with E-state index in [4.69, 9.17) is 4.42 Å². The van der Waals surface area contributed by atoms with Crippen molar-refractivity contribution in [1.82, 2.24) is 10.2 Å². The van der Waals surface area contributed by atoms with E-state index >= 15 is 0 Å². The molecule has 1 aromatic heterocycles. The topological polar surface area (TPSA) is 28.4 Å². The lowest BCUT2D eigenvalue weighted by atomic mass is 10.3. The van der Waals surface area contributed by atoms with E-state index in [1.54, 1.807) is 0 Å². The number of nitrogens with one attached hydrogen (secondary N) is 1. The SMILES string of the molecule is CCN(CC)CCSCc1ccc(CNC(C)C)o1. The Morgan fingerprint density at radius 1 is 1.21 bits per heavy atom. The van der Waals surface area contributed by atoms with Gasteiger partial charge in [0.05, 0.1) is 12.3 Å². The second-order valence-electron chi connectivity index (χ2n) is 4.98. The molecule has 3 nitrogen and oxygen atoms in total. The Bertz CT molecular complexity index is 335. The molecule has 1 aromatic rings. The van der Waals surface area contributed by atoms with Gasteiger partial charge in [-0.05, 0) is 25.2 Å². The fraction of sp³-hybridized carbons (Fsp3) is 0.733. The average molecular weight is 284 g/mol. The first-order chi connectivity index (χ1) is 9.15. The standard InChI is InChI=1S/C15H28N2OS/c1-5-17(6-2)9-10-19-12-15-8-7-14(18-15)11-16-13(3)4/h7-8,13,16H,5-6,9-12H2,1-4H3. The van der Waals surface area contributed by atoms with Gasteiger partial charge in [0.1, 0.15) is 11.5 Å². The molecule has 0 bridgehead atoms. The molecule has 110 valence electrons. The van der Waals surface area contributed by atoms with Crippen molar-refractivity contribution in [3.8, 4) is 0 Å². The van der Waals surface area contributed by atoms with E-state index in [1.807, 2.05) is 11.8 Å². The van der Waals surface area contributed by atoms with E-state index in [-0.39, 0.29) is 0 Å². The summed E-state index contributed by atoms with van der Waals surface area (Å²) in [6, 6.07) is 4.68. The molecule has 0 atom stereocenters. The predicted octanol–water partition coefficient (Wildman–Crippen LogP) is 3.35. The smallest absolute Gasteiger partial charge is 0.118 e. The summed E-state index contributed by atoms with van der Waals surface area (Å²) in [5.74, 6) is 4.27. The third-order valence-corrected chi connectivity index (χ3v) is 4.05. The minimum absolute atomic E-state index is 0.497. The minimum Gasteiger partial charge on any atom is -0.464 e. The molecule has 1 N–H and O–H groups in total. The summed E-state index contributed by atoms with van der Waals surface area (Å²) >= 11 is 1.95. The third-order valence-electron chi connectivity index (χ3n) is 3.09. The van der Waals surface area contributed by atoms with Crippen molar-refractivity contribution in [1.29, 1.82) is 0 Å². The summed E-state index contributed by atoms with van der Waals surface area (Å²) in [6.07, 6.45) is 0. The lowest BCUT2D eigenvalue weighted by molar-refractivity contribution is 0.324. The fourth-order valence-corrected chi connectivity index (χ4v) is 2.69. The van der Waals surface area contributed by atoms with E-state index in [9.17, 15) is 0 Å². The molecule has 0 aliphatic rings. The van der Waals surface area contributed by atoms with Gasteiger partial charge < -0.3 is 14.6 Å². The Balaban J connectivity index is 2.19. The molecular weight excluding hydrogens is 256 g/mol. The Morgan fingerprint density at radius 2 is 1.89 bits per heavy atom. The van der Waals surface area contributed by atoms with Crippen LogP contribution in [0.5, 0.6) is 0 Å².